The minimum atomic E-state index is -0.566. The molecule has 274 valence electrons. The predicted molar refractivity (Wildman–Crippen MR) is 242 cm³/mol. The standard InChI is InChI=1S/C58H36O/c1-2-19-42(20-3-1)57(50-28-13-10-25-47(50)56-44-22-7-6-15-37(44)29-31-51(56)57)43-21-14-18-38(33-43)41-30-32-54-52(35-41)58(53-34-39-16-4-5-17-40(39)36-55(53)59-54)48-26-11-8-23-45(48)46-24-9-12-27-49(46)58/h1-36H. The van der Waals surface area contributed by atoms with Crippen molar-refractivity contribution in [1.82, 2.24) is 0 Å². The van der Waals surface area contributed by atoms with Crippen LogP contribution < -0.4 is 4.74 Å². The van der Waals surface area contributed by atoms with Gasteiger partial charge in [0.25, 0.3) is 0 Å². The molecule has 1 spiro atoms. The Kier molecular flexibility index (Phi) is 6.64. The van der Waals surface area contributed by atoms with E-state index >= 15 is 0 Å². The lowest BCUT2D eigenvalue weighted by Crippen LogP contribution is -2.32. The van der Waals surface area contributed by atoms with E-state index in [-0.39, 0.29) is 0 Å². The Morgan fingerprint density at radius 3 is 1.63 bits per heavy atom. The molecule has 1 heterocycles. The van der Waals surface area contributed by atoms with Crippen LogP contribution >= 0.6 is 0 Å². The molecule has 1 heteroatoms. The van der Waals surface area contributed by atoms with E-state index < -0.39 is 10.8 Å². The quantitative estimate of drug-likeness (QED) is 0.175. The summed E-state index contributed by atoms with van der Waals surface area (Å²) >= 11 is 0. The minimum absolute atomic E-state index is 0.519. The largest absolute Gasteiger partial charge is 0.457 e. The molecular formula is C58H36O. The van der Waals surface area contributed by atoms with Gasteiger partial charge in [0.1, 0.15) is 11.5 Å². The Bertz CT molecular complexity index is 3330. The van der Waals surface area contributed by atoms with E-state index in [9.17, 15) is 0 Å². The Morgan fingerprint density at radius 1 is 0.288 bits per heavy atom. The molecule has 0 saturated carbocycles. The van der Waals surface area contributed by atoms with E-state index in [1.54, 1.807) is 0 Å². The molecule has 0 amide bonds. The van der Waals surface area contributed by atoms with Gasteiger partial charge < -0.3 is 4.74 Å². The topological polar surface area (TPSA) is 9.23 Å². The monoisotopic (exact) mass is 748 g/mol. The average Bonchev–Trinajstić information content (AvgIpc) is 3.78. The van der Waals surface area contributed by atoms with Gasteiger partial charge in [0.15, 0.2) is 0 Å². The summed E-state index contributed by atoms with van der Waals surface area (Å²) in [7, 11) is 0. The van der Waals surface area contributed by atoms with Gasteiger partial charge in [0, 0.05) is 11.1 Å². The second-order valence-electron chi connectivity index (χ2n) is 16.3. The molecule has 13 rings (SSSR count). The molecule has 0 aromatic heterocycles. The molecule has 0 saturated heterocycles. The Morgan fingerprint density at radius 2 is 0.864 bits per heavy atom. The highest BCUT2D eigenvalue weighted by Gasteiger charge is 2.51. The molecule has 0 N–H and O–H groups in total. The molecule has 1 atom stereocenters. The van der Waals surface area contributed by atoms with E-state index in [1.165, 1.54) is 93.9 Å². The number of rotatable bonds is 3. The fourth-order valence-electron chi connectivity index (χ4n) is 11.2. The van der Waals surface area contributed by atoms with Crippen molar-refractivity contribution in [3.8, 4) is 44.9 Å². The number of benzene rings is 10. The lowest BCUT2D eigenvalue weighted by molar-refractivity contribution is 0.437. The van der Waals surface area contributed by atoms with Crippen LogP contribution in [0.25, 0.3) is 54.9 Å². The fourth-order valence-corrected chi connectivity index (χ4v) is 11.2. The van der Waals surface area contributed by atoms with Gasteiger partial charge in [-0.25, -0.2) is 0 Å². The maximum atomic E-state index is 6.99. The van der Waals surface area contributed by atoms with Crippen molar-refractivity contribution in [3.63, 3.8) is 0 Å². The van der Waals surface area contributed by atoms with E-state index in [4.69, 9.17) is 4.74 Å². The number of hydrogen-bond donors (Lipinski definition) is 0. The summed E-state index contributed by atoms with van der Waals surface area (Å²) in [4.78, 5) is 0. The van der Waals surface area contributed by atoms with Crippen LogP contribution in [0.1, 0.15) is 44.5 Å². The zero-order valence-corrected chi connectivity index (χ0v) is 32.2. The predicted octanol–water partition coefficient (Wildman–Crippen LogP) is 14.5. The summed E-state index contributed by atoms with van der Waals surface area (Å²) in [6, 6.07) is 81.1. The van der Waals surface area contributed by atoms with Crippen LogP contribution in [0, 0.1) is 0 Å². The maximum absolute atomic E-state index is 6.99. The van der Waals surface area contributed by atoms with Crippen LogP contribution in [0.5, 0.6) is 11.5 Å². The summed E-state index contributed by atoms with van der Waals surface area (Å²) in [5.74, 6) is 1.80. The lowest BCUT2D eigenvalue weighted by Gasteiger charge is -2.40. The summed E-state index contributed by atoms with van der Waals surface area (Å²) in [6.07, 6.45) is 0. The van der Waals surface area contributed by atoms with Crippen molar-refractivity contribution in [2.45, 2.75) is 10.8 Å². The van der Waals surface area contributed by atoms with Crippen molar-refractivity contribution in [1.29, 1.82) is 0 Å². The molecule has 2 aliphatic carbocycles. The number of hydrogen-bond acceptors (Lipinski definition) is 1. The van der Waals surface area contributed by atoms with Gasteiger partial charge in [-0.3, -0.25) is 0 Å². The Hall–Kier alpha value is -7.48. The third-order valence-corrected chi connectivity index (χ3v) is 13.6. The van der Waals surface area contributed by atoms with E-state index in [1.807, 2.05) is 0 Å². The first kappa shape index (κ1) is 32.6. The smallest absolute Gasteiger partial charge is 0.132 e. The first-order valence-corrected chi connectivity index (χ1v) is 20.6. The molecular weight excluding hydrogens is 713 g/mol. The molecule has 1 aliphatic heterocycles. The normalized spacial score (nSPS) is 16.1. The minimum Gasteiger partial charge on any atom is -0.457 e. The number of ether oxygens (including phenoxy) is 1. The van der Waals surface area contributed by atoms with Crippen LogP contribution in [-0.4, -0.2) is 0 Å². The molecule has 0 fully saturated rings. The molecule has 10 aromatic carbocycles. The zero-order valence-electron chi connectivity index (χ0n) is 32.2. The van der Waals surface area contributed by atoms with Crippen molar-refractivity contribution in [3.05, 3.63) is 263 Å². The Balaban J connectivity index is 1.07. The zero-order chi connectivity index (χ0) is 38.7. The molecule has 10 aromatic rings. The molecule has 0 radical (unpaired) electrons. The fraction of sp³-hybridized carbons (Fsp3) is 0.0345. The SMILES string of the molecule is c1ccc(C2(c3cccc(-c4ccc5c(c4)C4(c6cc7ccccc7cc6O5)c5ccccc5-c5ccccc54)c3)c3ccccc3-c3c2ccc2ccccc32)cc1. The third kappa shape index (κ3) is 4.24. The van der Waals surface area contributed by atoms with Crippen LogP contribution in [0.15, 0.2) is 218 Å². The van der Waals surface area contributed by atoms with Gasteiger partial charge in [-0.15, -0.1) is 0 Å². The van der Waals surface area contributed by atoms with Gasteiger partial charge in [-0.2, -0.15) is 0 Å². The van der Waals surface area contributed by atoms with Gasteiger partial charge >= 0.3 is 0 Å². The third-order valence-electron chi connectivity index (χ3n) is 13.6. The molecule has 3 aliphatic rings. The van der Waals surface area contributed by atoms with Gasteiger partial charge in [-0.1, -0.05) is 188 Å². The van der Waals surface area contributed by atoms with Crippen LogP contribution in [0.4, 0.5) is 0 Å². The molecule has 1 nitrogen and oxygen atoms in total. The molecule has 0 bridgehead atoms. The summed E-state index contributed by atoms with van der Waals surface area (Å²) in [5.41, 5.74) is 16.5. The van der Waals surface area contributed by atoms with Crippen LogP contribution in [0.3, 0.4) is 0 Å². The average molecular weight is 749 g/mol. The van der Waals surface area contributed by atoms with Crippen LogP contribution in [-0.2, 0) is 10.8 Å². The van der Waals surface area contributed by atoms with Crippen molar-refractivity contribution in [2.24, 2.45) is 0 Å². The van der Waals surface area contributed by atoms with Crippen LogP contribution in [0.2, 0.25) is 0 Å². The highest BCUT2D eigenvalue weighted by Crippen LogP contribution is 2.63. The van der Waals surface area contributed by atoms with Gasteiger partial charge in [0.2, 0.25) is 0 Å². The summed E-state index contributed by atoms with van der Waals surface area (Å²) < 4.78 is 6.99. The number of fused-ring (bicyclic) bond motifs is 15. The first-order valence-electron chi connectivity index (χ1n) is 20.6. The van der Waals surface area contributed by atoms with Gasteiger partial charge in [0.05, 0.1) is 10.8 Å². The van der Waals surface area contributed by atoms with Crippen molar-refractivity contribution < 1.29 is 4.74 Å². The van der Waals surface area contributed by atoms with Crippen molar-refractivity contribution in [2.75, 3.05) is 0 Å². The maximum Gasteiger partial charge on any atom is 0.132 e. The highest BCUT2D eigenvalue weighted by molar-refractivity contribution is 6.04. The van der Waals surface area contributed by atoms with E-state index in [2.05, 4.69) is 218 Å². The summed E-state index contributed by atoms with van der Waals surface area (Å²) in [5, 5.41) is 4.93. The Labute approximate surface area is 343 Å². The van der Waals surface area contributed by atoms with Crippen molar-refractivity contribution >= 4 is 21.5 Å². The van der Waals surface area contributed by atoms with E-state index in [0.29, 0.717) is 0 Å². The molecule has 1 unspecified atom stereocenters. The molecule has 59 heavy (non-hydrogen) atoms. The first-order chi connectivity index (χ1) is 29.2. The van der Waals surface area contributed by atoms with E-state index in [0.717, 1.165) is 17.1 Å². The second-order valence-corrected chi connectivity index (χ2v) is 16.3. The van der Waals surface area contributed by atoms with Gasteiger partial charge in [-0.05, 0) is 119 Å². The lowest BCUT2D eigenvalue weighted by atomic mass is 9.65. The second kappa shape index (κ2) is 12.0. The highest BCUT2D eigenvalue weighted by atomic mass is 16.5. The summed E-state index contributed by atoms with van der Waals surface area (Å²) in [6.45, 7) is 0.